The molecule has 2 rings (SSSR count). The summed E-state index contributed by atoms with van der Waals surface area (Å²) in [6, 6.07) is 18.2. The molecule has 0 fully saturated rings. The van der Waals surface area contributed by atoms with Crippen molar-refractivity contribution in [1.29, 1.82) is 0 Å². The van der Waals surface area contributed by atoms with E-state index in [1.807, 2.05) is 30.3 Å². The molecule has 22 heavy (non-hydrogen) atoms. The Balaban J connectivity index is 0.00000242. The van der Waals surface area contributed by atoms with Crippen LogP contribution in [0.25, 0.3) is 0 Å². The Morgan fingerprint density at radius 1 is 0.864 bits per heavy atom. The minimum atomic E-state index is 0. The molecule has 0 radical (unpaired) electrons. The first kappa shape index (κ1) is 18.3. The third-order valence-corrected chi connectivity index (χ3v) is 3.26. The molecule has 0 saturated heterocycles. The number of benzene rings is 2. The first-order valence-electron chi connectivity index (χ1n) is 7.40. The number of nitrogens with one attached hydrogen (secondary N) is 1. The van der Waals surface area contributed by atoms with Gasteiger partial charge in [0.2, 0.25) is 0 Å². The highest BCUT2D eigenvalue weighted by molar-refractivity contribution is 5.31. The molecule has 0 aliphatic rings. The molecule has 0 unspecified atom stereocenters. The normalized spacial score (nSPS) is 9.86. The fraction of sp³-hybridized carbons (Fsp3) is 0.333. The first-order valence-corrected chi connectivity index (χ1v) is 7.40. The predicted molar refractivity (Wildman–Crippen MR) is 86.1 cm³/mol. The van der Waals surface area contributed by atoms with E-state index in [0.717, 1.165) is 44.0 Å². The van der Waals surface area contributed by atoms with Crippen LogP contribution in [0, 0.1) is 0 Å². The summed E-state index contributed by atoms with van der Waals surface area (Å²) in [6.07, 6.45) is 2.07. The van der Waals surface area contributed by atoms with Crippen molar-refractivity contribution >= 4 is 0 Å². The zero-order chi connectivity index (χ0) is 14.8. The van der Waals surface area contributed by atoms with Gasteiger partial charge in [-0.05, 0) is 55.8 Å². The maximum absolute atomic E-state index is 5.67. The minimum Gasteiger partial charge on any atom is -1.00 e. The molecule has 0 bridgehead atoms. The topological polar surface area (TPSA) is 30.5 Å². The number of hydrogen-bond acceptors (Lipinski definition) is 3. The molecule has 0 heterocycles. The lowest BCUT2D eigenvalue weighted by Crippen LogP contribution is -3.00. The highest BCUT2D eigenvalue weighted by atomic mass is 35.5. The van der Waals surface area contributed by atoms with E-state index in [2.05, 4.69) is 29.6 Å². The lowest BCUT2D eigenvalue weighted by molar-refractivity contribution is -0.00000514. The summed E-state index contributed by atoms with van der Waals surface area (Å²) in [6.45, 7) is 2.71. The van der Waals surface area contributed by atoms with Crippen LogP contribution in [0.4, 0.5) is 0 Å². The van der Waals surface area contributed by atoms with Gasteiger partial charge in [0.1, 0.15) is 11.5 Å². The molecule has 0 aliphatic heterocycles. The van der Waals surface area contributed by atoms with Gasteiger partial charge in [0, 0.05) is 0 Å². The molecule has 120 valence electrons. The number of ether oxygens (including phenoxy) is 2. The second-order valence-corrected chi connectivity index (χ2v) is 4.86. The van der Waals surface area contributed by atoms with Crippen molar-refractivity contribution in [1.82, 2.24) is 5.32 Å². The van der Waals surface area contributed by atoms with E-state index in [4.69, 9.17) is 9.47 Å². The molecule has 0 atom stereocenters. The van der Waals surface area contributed by atoms with Gasteiger partial charge < -0.3 is 27.2 Å². The fourth-order valence-corrected chi connectivity index (χ4v) is 2.06. The van der Waals surface area contributed by atoms with Crippen LogP contribution in [0.1, 0.15) is 12.0 Å². The number of halogens is 1. The lowest BCUT2D eigenvalue weighted by Gasteiger charge is -2.08. The summed E-state index contributed by atoms with van der Waals surface area (Å²) >= 11 is 0. The summed E-state index contributed by atoms with van der Waals surface area (Å²) < 4.78 is 10.8. The third kappa shape index (κ3) is 6.83. The second-order valence-electron chi connectivity index (χ2n) is 4.86. The van der Waals surface area contributed by atoms with Crippen LogP contribution in [0.15, 0.2) is 54.6 Å². The molecule has 2 aromatic carbocycles. The number of hydrogen-bond donors (Lipinski definition) is 1. The molecule has 0 amide bonds. The second kappa shape index (κ2) is 10.9. The number of methoxy groups -OCH3 is 1. The largest absolute Gasteiger partial charge is 1.00 e. The van der Waals surface area contributed by atoms with Crippen LogP contribution in [0.3, 0.4) is 0 Å². The van der Waals surface area contributed by atoms with Gasteiger partial charge in [-0.1, -0.05) is 30.3 Å². The van der Waals surface area contributed by atoms with E-state index < -0.39 is 0 Å². The fourth-order valence-electron chi connectivity index (χ4n) is 2.06. The molecule has 0 saturated carbocycles. The average molecular weight is 321 g/mol. The van der Waals surface area contributed by atoms with Gasteiger partial charge in [-0.15, -0.1) is 0 Å². The van der Waals surface area contributed by atoms with Crippen molar-refractivity contribution < 1.29 is 21.9 Å². The van der Waals surface area contributed by atoms with Crippen LogP contribution in [0.2, 0.25) is 0 Å². The van der Waals surface area contributed by atoms with E-state index in [-0.39, 0.29) is 12.4 Å². The van der Waals surface area contributed by atoms with Crippen molar-refractivity contribution in [2.75, 3.05) is 26.8 Å². The van der Waals surface area contributed by atoms with Gasteiger partial charge >= 0.3 is 0 Å². The Hall–Kier alpha value is -1.71. The molecule has 0 spiro atoms. The highest BCUT2D eigenvalue weighted by Crippen LogP contribution is 2.16. The minimum absolute atomic E-state index is 0. The number of rotatable bonds is 9. The van der Waals surface area contributed by atoms with Crippen LogP contribution in [0.5, 0.6) is 11.5 Å². The monoisotopic (exact) mass is 320 g/mol. The summed E-state index contributed by atoms with van der Waals surface area (Å²) in [5, 5.41) is 3.44. The summed E-state index contributed by atoms with van der Waals surface area (Å²) in [4.78, 5) is 0. The maximum atomic E-state index is 5.67. The molecule has 1 N–H and O–H groups in total. The van der Waals surface area contributed by atoms with Crippen molar-refractivity contribution in [3.05, 3.63) is 60.2 Å². The van der Waals surface area contributed by atoms with Crippen LogP contribution in [-0.2, 0) is 6.42 Å². The first-order chi connectivity index (χ1) is 10.4. The standard InChI is InChI=1S/C18H23NO2.ClH/c1-20-17-8-10-18(11-9-17)21-15-5-13-19-14-12-16-6-3-2-4-7-16;/h2-4,6-11,19H,5,12-15H2,1H3;1H/p-1. The van der Waals surface area contributed by atoms with Gasteiger partial charge in [0.15, 0.2) is 0 Å². The molecular formula is C18H23ClNO2-. The Morgan fingerprint density at radius 2 is 1.55 bits per heavy atom. The molecule has 2 aromatic rings. The quantitative estimate of drug-likeness (QED) is 0.674. The van der Waals surface area contributed by atoms with Crippen LogP contribution >= 0.6 is 0 Å². The van der Waals surface area contributed by atoms with Crippen LogP contribution < -0.4 is 27.2 Å². The van der Waals surface area contributed by atoms with Gasteiger partial charge in [-0.25, -0.2) is 0 Å². The third-order valence-electron chi connectivity index (χ3n) is 3.26. The van der Waals surface area contributed by atoms with E-state index in [1.165, 1.54) is 5.56 Å². The summed E-state index contributed by atoms with van der Waals surface area (Å²) in [7, 11) is 1.66. The van der Waals surface area contributed by atoms with E-state index >= 15 is 0 Å². The zero-order valence-corrected chi connectivity index (χ0v) is 13.7. The maximum Gasteiger partial charge on any atom is 0.119 e. The SMILES string of the molecule is COc1ccc(OCCCNCCc2ccccc2)cc1.[Cl-]. The Labute approximate surface area is 139 Å². The predicted octanol–water partition coefficient (Wildman–Crippen LogP) is 0.300. The molecular weight excluding hydrogens is 298 g/mol. The lowest BCUT2D eigenvalue weighted by atomic mass is 10.1. The van der Waals surface area contributed by atoms with Crippen molar-refractivity contribution in [2.24, 2.45) is 0 Å². The zero-order valence-electron chi connectivity index (χ0n) is 12.9. The molecule has 4 heteroatoms. The smallest absolute Gasteiger partial charge is 0.119 e. The Bertz CT molecular complexity index is 502. The Kier molecular flexibility index (Phi) is 9.12. The molecule has 0 aromatic heterocycles. The van der Waals surface area contributed by atoms with Crippen molar-refractivity contribution in [3.8, 4) is 11.5 Å². The molecule has 0 aliphatic carbocycles. The van der Waals surface area contributed by atoms with Gasteiger partial charge in [-0.3, -0.25) is 0 Å². The van der Waals surface area contributed by atoms with Gasteiger partial charge in [0.05, 0.1) is 13.7 Å². The van der Waals surface area contributed by atoms with E-state index in [9.17, 15) is 0 Å². The van der Waals surface area contributed by atoms with Crippen molar-refractivity contribution in [2.45, 2.75) is 12.8 Å². The highest BCUT2D eigenvalue weighted by Gasteiger charge is 1.96. The van der Waals surface area contributed by atoms with Gasteiger partial charge in [-0.2, -0.15) is 0 Å². The molecule has 3 nitrogen and oxygen atoms in total. The summed E-state index contributed by atoms with van der Waals surface area (Å²) in [5.74, 6) is 1.74. The Morgan fingerprint density at radius 3 is 2.23 bits per heavy atom. The van der Waals surface area contributed by atoms with E-state index in [1.54, 1.807) is 7.11 Å². The van der Waals surface area contributed by atoms with Gasteiger partial charge in [0.25, 0.3) is 0 Å². The average Bonchev–Trinajstić information content (AvgIpc) is 2.55. The van der Waals surface area contributed by atoms with Crippen molar-refractivity contribution in [3.63, 3.8) is 0 Å². The van der Waals surface area contributed by atoms with E-state index in [0.29, 0.717) is 0 Å². The summed E-state index contributed by atoms with van der Waals surface area (Å²) in [5.41, 5.74) is 1.37. The van der Waals surface area contributed by atoms with Crippen LogP contribution in [-0.4, -0.2) is 26.8 Å².